The summed E-state index contributed by atoms with van der Waals surface area (Å²) in [7, 11) is 0. The van der Waals surface area contributed by atoms with Crippen LogP contribution in [0, 0.1) is 0 Å². The van der Waals surface area contributed by atoms with E-state index < -0.39 is 0 Å². The number of epoxide rings is 1. The summed E-state index contributed by atoms with van der Waals surface area (Å²) >= 11 is 4.34. The van der Waals surface area contributed by atoms with Crippen molar-refractivity contribution >= 4 is 23.5 Å². The third kappa shape index (κ3) is 6.14. The molecule has 0 saturated carbocycles. The molecule has 0 aromatic rings. The van der Waals surface area contributed by atoms with Crippen LogP contribution in [0.1, 0.15) is 46.0 Å². The van der Waals surface area contributed by atoms with Crippen molar-refractivity contribution in [1.82, 2.24) is 0 Å². The van der Waals surface area contributed by atoms with Crippen LogP contribution in [0.5, 0.6) is 0 Å². The van der Waals surface area contributed by atoms with Crippen LogP contribution < -0.4 is 0 Å². The SMILES string of the molecule is CCOC(C)OCCCC1(CC[C@H]2CO2)SCCCS1. The van der Waals surface area contributed by atoms with E-state index in [0.29, 0.717) is 10.2 Å². The summed E-state index contributed by atoms with van der Waals surface area (Å²) in [4.78, 5) is 0. The monoisotopic (exact) mass is 320 g/mol. The molecule has 2 atom stereocenters. The largest absolute Gasteiger partial charge is 0.373 e. The zero-order valence-corrected chi connectivity index (χ0v) is 14.4. The van der Waals surface area contributed by atoms with Gasteiger partial charge in [0, 0.05) is 13.2 Å². The molecular weight excluding hydrogens is 292 g/mol. The maximum absolute atomic E-state index is 5.69. The van der Waals surface area contributed by atoms with Gasteiger partial charge in [0.1, 0.15) is 0 Å². The van der Waals surface area contributed by atoms with Gasteiger partial charge in [-0.1, -0.05) is 0 Å². The second-order valence-electron chi connectivity index (χ2n) is 5.45. The van der Waals surface area contributed by atoms with Crippen LogP contribution in [0.2, 0.25) is 0 Å². The van der Waals surface area contributed by atoms with Crippen LogP contribution in [-0.2, 0) is 14.2 Å². The van der Waals surface area contributed by atoms with Crippen molar-refractivity contribution in [2.45, 2.75) is 62.4 Å². The Kier molecular flexibility index (Phi) is 7.53. The minimum atomic E-state index is -0.0672. The van der Waals surface area contributed by atoms with Gasteiger partial charge >= 0.3 is 0 Å². The summed E-state index contributed by atoms with van der Waals surface area (Å²) in [6.07, 6.45) is 6.74. The highest BCUT2D eigenvalue weighted by Crippen LogP contribution is 2.49. The minimum Gasteiger partial charge on any atom is -0.373 e. The van der Waals surface area contributed by atoms with Gasteiger partial charge in [-0.2, -0.15) is 0 Å². The van der Waals surface area contributed by atoms with Crippen molar-refractivity contribution in [3.8, 4) is 0 Å². The molecule has 2 aliphatic heterocycles. The van der Waals surface area contributed by atoms with Gasteiger partial charge in [0.05, 0.1) is 16.8 Å². The van der Waals surface area contributed by atoms with E-state index in [2.05, 4.69) is 23.5 Å². The molecule has 3 nitrogen and oxygen atoms in total. The molecule has 0 radical (unpaired) electrons. The fraction of sp³-hybridized carbons (Fsp3) is 1.00. The summed E-state index contributed by atoms with van der Waals surface area (Å²) in [5.74, 6) is 2.63. The van der Waals surface area contributed by atoms with Gasteiger partial charge in [0.15, 0.2) is 6.29 Å². The fourth-order valence-electron chi connectivity index (χ4n) is 2.52. The first-order chi connectivity index (χ1) is 9.74. The Bertz CT molecular complexity index is 266. The third-order valence-electron chi connectivity index (χ3n) is 3.72. The molecule has 0 spiro atoms. The van der Waals surface area contributed by atoms with Crippen LogP contribution in [0.4, 0.5) is 0 Å². The van der Waals surface area contributed by atoms with E-state index in [0.717, 1.165) is 26.2 Å². The van der Waals surface area contributed by atoms with Crippen LogP contribution in [0.25, 0.3) is 0 Å². The molecular formula is C15H28O3S2. The molecule has 2 saturated heterocycles. The maximum atomic E-state index is 5.69. The zero-order valence-electron chi connectivity index (χ0n) is 12.8. The minimum absolute atomic E-state index is 0.0672. The zero-order chi connectivity index (χ0) is 14.3. The summed E-state index contributed by atoms with van der Waals surface area (Å²) in [5.41, 5.74) is 0. The van der Waals surface area contributed by atoms with Gasteiger partial charge in [0.25, 0.3) is 0 Å². The molecule has 5 heteroatoms. The Morgan fingerprint density at radius 3 is 2.65 bits per heavy atom. The Balaban J connectivity index is 1.66. The van der Waals surface area contributed by atoms with Crippen molar-refractivity contribution in [2.75, 3.05) is 31.3 Å². The smallest absolute Gasteiger partial charge is 0.154 e. The predicted molar refractivity (Wildman–Crippen MR) is 87.5 cm³/mol. The molecule has 0 aliphatic carbocycles. The average Bonchev–Trinajstić information content (AvgIpc) is 3.27. The van der Waals surface area contributed by atoms with Crippen molar-refractivity contribution < 1.29 is 14.2 Å². The number of thioether (sulfide) groups is 2. The van der Waals surface area contributed by atoms with E-state index in [9.17, 15) is 0 Å². The first-order valence-electron chi connectivity index (χ1n) is 7.87. The second kappa shape index (κ2) is 8.89. The van der Waals surface area contributed by atoms with E-state index >= 15 is 0 Å². The van der Waals surface area contributed by atoms with Crippen molar-refractivity contribution in [3.63, 3.8) is 0 Å². The first kappa shape index (κ1) is 16.9. The molecule has 118 valence electrons. The molecule has 0 bridgehead atoms. The van der Waals surface area contributed by atoms with Crippen molar-refractivity contribution in [1.29, 1.82) is 0 Å². The molecule has 0 aromatic carbocycles. The van der Waals surface area contributed by atoms with E-state index in [1.165, 1.54) is 37.2 Å². The van der Waals surface area contributed by atoms with E-state index in [1.807, 2.05) is 13.8 Å². The number of rotatable bonds is 10. The maximum Gasteiger partial charge on any atom is 0.154 e. The first-order valence-corrected chi connectivity index (χ1v) is 9.84. The highest BCUT2D eigenvalue weighted by molar-refractivity contribution is 8.18. The third-order valence-corrected chi connectivity index (χ3v) is 7.29. The molecule has 20 heavy (non-hydrogen) atoms. The van der Waals surface area contributed by atoms with E-state index in [4.69, 9.17) is 14.2 Å². The van der Waals surface area contributed by atoms with Crippen molar-refractivity contribution in [2.24, 2.45) is 0 Å². The van der Waals surface area contributed by atoms with Gasteiger partial charge in [-0.25, -0.2) is 0 Å². The lowest BCUT2D eigenvalue weighted by Crippen LogP contribution is -2.26. The lowest BCUT2D eigenvalue weighted by atomic mass is 10.1. The number of hydrogen-bond acceptors (Lipinski definition) is 5. The highest BCUT2D eigenvalue weighted by atomic mass is 32.2. The quantitative estimate of drug-likeness (QED) is 0.346. The summed E-state index contributed by atoms with van der Waals surface area (Å²) in [6.45, 7) is 6.50. The standard InChI is InChI=1S/C15H28O3S2/c1-3-16-13(2)17-9-4-7-15(8-6-14-12-18-14)19-10-5-11-20-15/h13-14H,3-12H2,1-2H3/t13?,14-/m0/s1. The summed E-state index contributed by atoms with van der Waals surface area (Å²) < 4.78 is 16.9. The average molecular weight is 321 g/mol. The molecule has 0 aromatic heterocycles. The van der Waals surface area contributed by atoms with Crippen LogP contribution in [0.3, 0.4) is 0 Å². The van der Waals surface area contributed by atoms with Gasteiger partial charge < -0.3 is 14.2 Å². The molecule has 1 unspecified atom stereocenters. The lowest BCUT2D eigenvalue weighted by molar-refractivity contribution is -0.127. The van der Waals surface area contributed by atoms with Gasteiger partial charge in [-0.15, -0.1) is 23.5 Å². The van der Waals surface area contributed by atoms with Gasteiger partial charge in [-0.3, -0.25) is 0 Å². The number of hydrogen-bond donors (Lipinski definition) is 0. The lowest BCUT2D eigenvalue weighted by Gasteiger charge is -2.36. The number of ether oxygens (including phenoxy) is 3. The summed E-state index contributed by atoms with van der Waals surface area (Å²) in [5, 5.41) is 0. The Morgan fingerprint density at radius 1 is 1.25 bits per heavy atom. The molecule has 0 amide bonds. The second-order valence-corrected chi connectivity index (χ2v) is 8.67. The predicted octanol–water partition coefficient (Wildman–Crippen LogP) is 3.91. The van der Waals surface area contributed by atoms with Crippen LogP contribution in [0.15, 0.2) is 0 Å². The molecule has 2 aliphatic rings. The van der Waals surface area contributed by atoms with Crippen LogP contribution in [-0.4, -0.2) is 47.8 Å². The molecule has 2 rings (SSSR count). The van der Waals surface area contributed by atoms with E-state index in [1.54, 1.807) is 0 Å². The molecule has 2 heterocycles. The van der Waals surface area contributed by atoms with Gasteiger partial charge in [0.2, 0.25) is 0 Å². The highest BCUT2D eigenvalue weighted by Gasteiger charge is 2.35. The Labute approximate surface area is 131 Å². The van der Waals surface area contributed by atoms with Gasteiger partial charge in [-0.05, 0) is 57.5 Å². The van der Waals surface area contributed by atoms with Crippen molar-refractivity contribution in [3.05, 3.63) is 0 Å². The normalized spacial score (nSPS) is 26.4. The Morgan fingerprint density at radius 2 is 2.00 bits per heavy atom. The van der Waals surface area contributed by atoms with Crippen LogP contribution >= 0.6 is 23.5 Å². The Hall–Kier alpha value is 0.580. The van der Waals surface area contributed by atoms with E-state index in [-0.39, 0.29) is 6.29 Å². The molecule has 2 fully saturated rings. The topological polar surface area (TPSA) is 31.0 Å². The summed E-state index contributed by atoms with van der Waals surface area (Å²) in [6, 6.07) is 0. The fourth-order valence-corrected chi connectivity index (χ4v) is 5.96. The molecule has 0 N–H and O–H groups in total.